The van der Waals surface area contributed by atoms with Gasteiger partial charge in [0, 0.05) is 11.6 Å². The summed E-state index contributed by atoms with van der Waals surface area (Å²) in [6.07, 6.45) is 6.90. The minimum atomic E-state index is -0.172. The zero-order chi connectivity index (χ0) is 11.8. The third-order valence-corrected chi connectivity index (χ3v) is 4.00. The van der Waals surface area contributed by atoms with Gasteiger partial charge in [-0.25, -0.2) is 4.79 Å². The monoisotopic (exact) mass is 223 g/mol. The highest BCUT2D eigenvalue weighted by Crippen LogP contribution is 2.37. The number of fused-ring (bicyclic) bond motifs is 1. The average molecular weight is 223 g/mol. The molecular weight excluding hydrogens is 202 g/mol. The Morgan fingerprint density at radius 3 is 2.94 bits per heavy atom. The Labute approximate surface area is 97.5 Å². The van der Waals surface area contributed by atoms with Gasteiger partial charge < -0.3 is 4.74 Å². The number of hydrogen-bond donors (Lipinski definition) is 0. The molecule has 3 heteroatoms. The van der Waals surface area contributed by atoms with Crippen LogP contribution in [0.2, 0.25) is 0 Å². The molecule has 0 N–H and O–H groups in total. The number of nitrogens with zero attached hydrogens (tertiary/aromatic N) is 1. The molecule has 1 saturated heterocycles. The van der Waals surface area contributed by atoms with E-state index < -0.39 is 0 Å². The van der Waals surface area contributed by atoms with Crippen molar-refractivity contribution in [1.82, 2.24) is 4.90 Å². The van der Waals surface area contributed by atoms with Crippen LogP contribution in [0.4, 0.5) is 0 Å². The van der Waals surface area contributed by atoms with E-state index in [9.17, 15) is 4.79 Å². The largest absolute Gasteiger partial charge is 0.466 e. The lowest BCUT2D eigenvalue weighted by Crippen LogP contribution is -2.56. The lowest BCUT2D eigenvalue weighted by atomic mass is 9.81. The maximum absolute atomic E-state index is 11.7. The molecule has 0 radical (unpaired) electrons. The summed E-state index contributed by atoms with van der Waals surface area (Å²) in [6.45, 7) is 5.37. The summed E-state index contributed by atoms with van der Waals surface area (Å²) < 4.78 is 4.87. The van der Waals surface area contributed by atoms with E-state index in [0.717, 1.165) is 18.5 Å². The number of hydrogen-bond acceptors (Lipinski definition) is 3. The molecule has 0 spiro atoms. The van der Waals surface area contributed by atoms with Gasteiger partial charge >= 0.3 is 5.97 Å². The van der Waals surface area contributed by atoms with Crippen molar-refractivity contribution in [3.63, 3.8) is 0 Å². The van der Waals surface area contributed by atoms with E-state index in [4.69, 9.17) is 4.74 Å². The summed E-state index contributed by atoms with van der Waals surface area (Å²) in [6, 6.07) is 0.622. The van der Waals surface area contributed by atoms with Crippen LogP contribution in [0.25, 0.3) is 0 Å². The van der Waals surface area contributed by atoms with Gasteiger partial charge in [0.05, 0.1) is 12.7 Å². The number of rotatable bonds is 1. The van der Waals surface area contributed by atoms with Gasteiger partial charge in [0.2, 0.25) is 0 Å². The molecule has 2 aliphatic heterocycles. The molecule has 0 aliphatic carbocycles. The third-order valence-electron chi connectivity index (χ3n) is 4.00. The molecule has 3 nitrogen and oxygen atoms in total. The molecule has 90 valence electrons. The molecule has 0 bridgehead atoms. The summed E-state index contributed by atoms with van der Waals surface area (Å²) in [5, 5.41) is 0. The van der Waals surface area contributed by atoms with Crippen LogP contribution in [-0.2, 0) is 9.53 Å². The highest BCUT2D eigenvalue weighted by molar-refractivity contribution is 5.91. The molecule has 2 aliphatic rings. The molecule has 2 rings (SSSR count). The second-order valence-corrected chi connectivity index (χ2v) is 5.25. The molecule has 2 heterocycles. The van der Waals surface area contributed by atoms with Crippen molar-refractivity contribution in [2.45, 2.75) is 51.1 Å². The number of piperidine rings is 1. The van der Waals surface area contributed by atoms with Crippen molar-refractivity contribution >= 4 is 5.97 Å². The first kappa shape index (κ1) is 11.6. The van der Waals surface area contributed by atoms with Crippen molar-refractivity contribution in [1.29, 1.82) is 0 Å². The fourth-order valence-electron chi connectivity index (χ4n) is 3.08. The van der Waals surface area contributed by atoms with Gasteiger partial charge in [-0.1, -0.05) is 12.5 Å². The van der Waals surface area contributed by atoms with Crippen LogP contribution < -0.4 is 0 Å². The molecule has 0 aromatic heterocycles. The predicted molar refractivity (Wildman–Crippen MR) is 63.1 cm³/mol. The van der Waals surface area contributed by atoms with Crippen molar-refractivity contribution in [3.05, 3.63) is 11.6 Å². The Hall–Kier alpha value is -0.830. The van der Waals surface area contributed by atoms with E-state index >= 15 is 0 Å². The molecule has 1 fully saturated rings. The minimum Gasteiger partial charge on any atom is -0.466 e. The van der Waals surface area contributed by atoms with Gasteiger partial charge in [-0.3, -0.25) is 4.90 Å². The lowest BCUT2D eigenvalue weighted by molar-refractivity contribution is -0.138. The van der Waals surface area contributed by atoms with E-state index in [2.05, 4.69) is 24.8 Å². The first-order valence-electron chi connectivity index (χ1n) is 6.13. The Bertz CT molecular complexity index is 320. The normalized spacial score (nSPS) is 29.2. The number of ether oxygens (including phenoxy) is 1. The van der Waals surface area contributed by atoms with Crippen LogP contribution in [0, 0.1) is 0 Å². The highest BCUT2D eigenvalue weighted by atomic mass is 16.5. The first-order valence-corrected chi connectivity index (χ1v) is 6.13. The van der Waals surface area contributed by atoms with Gasteiger partial charge in [-0.2, -0.15) is 0 Å². The van der Waals surface area contributed by atoms with E-state index in [0.29, 0.717) is 6.04 Å². The second kappa shape index (κ2) is 4.21. The molecule has 1 atom stereocenters. The molecular formula is C13H21NO2. The summed E-state index contributed by atoms with van der Waals surface area (Å²) in [4.78, 5) is 14.2. The van der Waals surface area contributed by atoms with E-state index in [-0.39, 0.29) is 11.5 Å². The van der Waals surface area contributed by atoms with Crippen LogP contribution >= 0.6 is 0 Å². The van der Waals surface area contributed by atoms with Crippen LogP contribution in [0.5, 0.6) is 0 Å². The zero-order valence-electron chi connectivity index (χ0n) is 10.5. The van der Waals surface area contributed by atoms with Gasteiger partial charge in [-0.15, -0.1) is 0 Å². The lowest BCUT2D eigenvalue weighted by Gasteiger charge is -2.49. The van der Waals surface area contributed by atoms with Gasteiger partial charge in [0.15, 0.2) is 0 Å². The first-order chi connectivity index (χ1) is 7.57. The van der Waals surface area contributed by atoms with E-state index in [1.165, 1.54) is 26.4 Å². The number of esters is 1. The Morgan fingerprint density at radius 2 is 2.25 bits per heavy atom. The second-order valence-electron chi connectivity index (χ2n) is 5.25. The number of carbonyl (C=O) groups is 1. The van der Waals surface area contributed by atoms with Crippen molar-refractivity contribution in [2.24, 2.45) is 0 Å². The number of methoxy groups -OCH3 is 1. The fourth-order valence-corrected chi connectivity index (χ4v) is 3.08. The smallest absolute Gasteiger partial charge is 0.335 e. The van der Waals surface area contributed by atoms with Crippen molar-refractivity contribution in [2.75, 3.05) is 13.7 Å². The standard InChI is InChI=1S/C13H21NO2/c1-13(2)11(12(15)16-3)8-7-10-6-4-5-9-14(10)13/h8,10H,4-7,9H2,1-3H3. The summed E-state index contributed by atoms with van der Waals surface area (Å²) in [7, 11) is 1.46. The molecule has 0 aromatic rings. The summed E-state index contributed by atoms with van der Waals surface area (Å²) in [5.41, 5.74) is 0.657. The Morgan fingerprint density at radius 1 is 1.50 bits per heavy atom. The van der Waals surface area contributed by atoms with Crippen LogP contribution in [0.15, 0.2) is 11.6 Å². The Kier molecular flexibility index (Phi) is 3.06. The SMILES string of the molecule is COC(=O)C1=CCC2CCCCN2C1(C)C. The Balaban J connectivity index is 2.28. The molecule has 0 aromatic carbocycles. The summed E-state index contributed by atoms with van der Waals surface area (Å²) in [5.74, 6) is -0.172. The quantitative estimate of drug-likeness (QED) is 0.638. The molecule has 16 heavy (non-hydrogen) atoms. The van der Waals surface area contributed by atoms with Gasteiger partial charge in [-0.05, 0) is 39.7 Å². The minimum absolute atomic E-state index is 0.170. The van der Waals surface area contributed by atoms with Crippen LogP contribution in [0.1, 0.15) is 39.5 Å². The molecule has 1 unspecified atom stereocenters. The maximum atomic E-state index is 11.7. The van der Waals surface area contributed by atoms with Crippen molar-refractivity contribution < 1.29 is 9.53 Å². The molecule has 0 amide bonds. The van der Waals surface area contributed by atoms with Crippen LogP contribution in [-0.4, -0.2) is 36.1 Å². The van der Waals surface area contributed by atoms with E-state index in [1.807, 2.05) is 0 Å². The van der Waals surface area contributed by atoms with Crippen LogP contribution in [0.3, 0.4) is 0 Å². The third kappa shape index (κ3) is 1.77. The van der Waals surface area contributed by atoms with Gasteiger partial charge in [0.25, 0.3) is 0 Å². The summed E-state index contributed by atoms with van der Waals surface area (Å²) >= 11 is 0. The van der Waals surface area contributed by atoms with Gasteiger partial charge in [0.1, 0.15) is 0 Å². The zero-order valence-corrected chi connectivity index (χ0v) is 10.5. The van der Waals surface area contributed by atoms with Crippen molar-refractivity contribution in [3.8, 4) is 0 Å². The highest BCUT2D eigenvalue weighted by Gasteiger charge is 2.42. The average Bonchev–Trinajstić information content (AvgIpc) is 2.28. The predicted octanol–water partition coefficient (Wildman–Crippen LogP) is 2.12. The molecule has 0 saturated carbocycles. The number of carbonyl (C=O) groups excluding carboxylic acids is 1. The maximum Gasteiger partial charge on any atom is 0.335 e. The van der Waals surface area contributed by atoms with E-state index in [1.54, 1.807) is 0 Å². The topological polar surface area (TPSA) is 29.5 Å². The fraction of sp³-hybridized carbons (Fsp3) is 0.769.